The Bertz CT molecular complexity index is 187. The van der Waals surface area contributed by atoms with E-state index in [2.05, 4.69) is 20.8 Å². The highest BCUT2D eigenvalue weighted by Gasteiger charge is 2.66. The molecule has 0 aromatic carbocycles. The van der Waals surface area contributed by atoms with Gasteiger partial charge in [-0.25, -0.2) is 0 Å². The Kier molecular flexibility index (Phi) is 1.76. The molecule has 2 saturated carbocycles. The van der Waals surface area contributed by atoms with Crippen LogP contribution in [0.4, 0.5) is 0 Å². The van der Waals surface area contributed by atoms with Crippen LogP contribution < -0.4 is 5.73 Å². The van der Waals surface area contributed by atoms with Crippen LogP contribution in [0.5, 0.6) is 0 Å². The van der Waals surface area contributed by atoms with Crippen LogP contribution in [0, 0.1) is 23.2 Å². The second kappa shape index (κ2) is 2.47. The van der Waals surface area contributed by atoms with Gasteiger partial charge in [0.2, 0.25) is 0 Å². The van der Waals surface area contributed by atoms with Crippen LogP contribution >= 0.6 is 0 Å². The minimum atomic E-state index is 0.523. The molecule has 0 bridgehead atoms. The molecule has 0 aromatic rings. The molecule has 1 nitrogen and oxygen atoms in total. The topological polar surface area (TPSA) is 26.0 Å². The van der Waals surface area contributed by atoms with Gasteiger partial charge in [-0.3, -0.25) is 0 Å². The molecule has 0 heterocycles. The molecule has 2 N–H and O–H groups in total. The smallest absolute Gasteiger partial charge is 0.0138 e. The van der Waals surface area contributed by atoms with Crippen LogP contribution in [-0.4, -0.2) is 6.04 Å². The van der Waals surface area contributed by atoms with Gasteiger partial charge in [-0.15, -0.1) is 0 Å². The van der Waals surface area contributed by atoms with Gasteiger partial charge in [0.25, 0.3) is 0 Å². The Morgan fingerprint density at radius 2 is 2.08 bits per heavy atom. The Balaban J connectivity index is 2.14. The molecule has 70 valence electrons. The fourth-order valence-corrected chi connectivity index (χ4v) is 3.78. The van der Waals surface area contributed by atoms with Gasteiger partial charge in [0.15, 0.2) is 0 Å². The summed E-state index contributed by atoms with van der Waals surface area (Å²) in [5, 5.41) is 0. The predicted octanol–water partition coefficient (Wildman–Crippen LogP) is 2.41. The van der Waals surface area contributed by atoms with Crippen molar-refractivity contribution in [2.45, 2.75) is 46.1 Å². The summed E-state index contributed by atoms with van der Waals surface area (Å²) in [6.45, 7) is 7.05. The van der Waals surface area contributed by atoms with E-state index in [0.717, 1.165) is 17.8 Å². The van der Waals surface area contributed by atoms with Crippen molar-refractivity contribution in [2.75, 3.05) is 0 Å². The molecule has 2 fully saturated rings. The van der Waals surface area contributed by atoms with E-state index in [4.69, 9.17) is 5.73 Å². The number of hydrogen-bond donors (Lipinski definition) is 1. The quantitative estimate of drug-likeness (QED) is 0.637. The summed E-state index contributed by atoms with van der Waals surface area (Å²) in [7, 11) is 0. The van der Waals surface area contributed by atoms with Gasteiger partial charge in [-0.1, -0.05) is 33.6 Å². The van der Waals surface area contributed by atoms with E-state index in [1.54, 1.807) is 0 Å². The van der Waals surface area contributed by atoms with Crippen LogP contribution in [0.15, 0.2) is 0 Å². The molecule has 1 heteroatoms. The van der Waals surface area contributed by atoms with E-state index in [0.29, 0.717) is 11.5 Å². The van der Waals surface area contributed by atoms with E-state index in [1.807, 2.05) is 0 Å². The van der Waals surface area contributed by atoms with Crippen molar-refractivity contribution in [3.63, 3.8) is 0 Å². The first-order valence-corrected chi connectivity index (χ1v) is 5.36. The summed E-state index contributed by atoms with van der Waals surface area (Å²) >= 11 is 0. The molecule has 0 radical (unpaired) electrons. The summed E-state index contributed by atoms with van der Waals surface area (Å²) in [4.78, 5) is 0. The summed E-state index contributed by atoms with van der Waals surface area (Å²) in [6, 6.07) is 0.523. The van der Waals surface area contributed by atoms with Crippen molar-refractivity contribution in [3.05, 3.63) is 0 Å². The van der Waals surface area contributed by atoms with E-state index in [-0.39, 0.29) is 0 Å². The molecule has 0 aromatic heterocycles. The van der Waals surface area contributed by atoms with Crippen molar-refractivity contribution in [1.82, 2.24) is 0 Å². The molecule has 0 saturated heterocycles. The van der Waals surface area contributed by atoms with Crippen molar-refractivity contribution >= 4 is 0 Å². The minimum absolute atomic E-state index is 0.523. The first-order valence-electron chi connectivity index (χ1n) is 5.36. The van der Waals surface area contributed by atoms with E-state index >= 15 is 0 Å². The van der Waals surface area contributed by atoms with Crippen LogP contribution in [0.2, 0.25) is 0 Å². The molecule has 12 heavy (non-hydrogen) atoms. The molecule has 1 spiro atoms. The minimum Gasteiger partial charge on any atom is -0.327 e. The molecule has 4 atom stereocenters. The standard InChI is InChI=1S/C11H21N/c1-7(2)9-10(12)11(9)6-4-5-8(11)3/h7-10H,4-6,12H2,1-3H3/t8?,9-,10-,11-/m1/s1. The lowest BCUT2D eigenvalue weighted by Crippen LogP contribution is -2.16. The maximum Gasteiger partial charge on any atom is 0.0138 e. The fraction of sp³-hybridized carbons (Fsp3) is 1.00. The van der Waals surface area contributed by atoms with Crippen LogP contribution in [-0.2, 0) is 0 Å². The lowest BCUT2D eigenvalue weighted by atomic mass is 9.88. The molecular formula is C11H21N. The van der Waals surface area contributed by atoms with Gasteiger partial charge in [0.1, 0.15) is 0 Å². The molecule has 2 aliphatic rings. The third-order valence-corrected chi connectivity index (χ3v) is 4.40. The largest absolute Gasteiger partial charge is 0.327 e. The first kappa shape index (κ1) is 8.55. The average molecular weight is 167 g/mol. The van der Waals surface area contributed by atoms with E-state index in [9.17, 15) is 0 Å². The van der Waals surface area contributed by atoms with Crippen molar-refractivity contribution in [2.24, 2.45) is 28.9 Å². The van der Waals surface area contributed by atoms with Crippen molar-refractivity contribution in [3.8, 4) is 0 Å². The monoisotopic (exact) mass is 167 g/mol. The average Bonchev–Trinajstić information content (AvgIpc) is 2.38. The maximum absolute atomic E-state index is 6.20. The predicted molar refractivity (Wildman–Crippen MR) is 51.8 cm³/mol. The Labute approximate surface area is 75.7 Å². The summed E-state index contributed by atoms with van der Waals surface area (Å²) in [5.74, 6) is 2.51. The Morgan fingerprint density at radius 1 is 1.42 bits per heavy atom. The van der Waals surface area contributed by atoms with Crippen LogP contribution in [0.3, 0.4) is 0 Å². The lowest BCUT2D eigenvalue weighted by Gasteiger charge is -2.16. The van der Waals surface area contributed by atoms with Crippen molar-refractivity contribution in [1.29, 1.82) is 0 Å². The Morgan fingerprint density at radius 3 is 2.42 bits per heavy atom. The number of nitrogens with two attached hydrogens (primary N) is 1. The van der Waals surface area contributed by atoms with Gasteiger partial charge < -0.3 is 5.73 Å². The SMILES string of the molecule is CC(C)[C@@H]1[C@@H](N)[C@@]12CCCC2C. The van der Waals surface area contributed by atoms with Crippen LogP contribution in [0.25, 0.3) is 0 Å². The molecule has 0 amide bonds. The second-order valence-electron chi connectivity index (χ2n) is 5.20. The zero-order valence-corrected chi connectivity index (χ0v) is 8.51. The third-order valence-electron chi connectivity index (χ3n) is 4.40. The number of hydrogen-bond acceptors (Lipinski definition) is 1. The molecule has 0 aliphatic heterocycles. The highest BCUT2D eigenvalue weighted by atomic mass is 14.9. The maximum atomic E-state index is 6.20. The van der Waals surface area contributed by atoms with Gasteiger partial charge in [-0.2, -0.15) is 0 Å². The number of rotatable bonds is 1. The van der Waals surface area contributed by atoms with E-state index in [1.165, 1.54) is 19.3 Å². The van der Waals surface area contributed by atoms with E-state index < -0.39 is 0 Å². The first-order chi connectivity index (χ1) is 5.60. The molecule has 2 aliphatic carbocycles. The van der Waals surface area contributed by atoms with Gasteiger partial charge in [-0.05, 0) is 29.6 Å². The fourth-order valence-electron chi connectivity index (χ4n) is 3.78. The third kappa shape index (κ3) is 0.834. The zero-order chi connectivity index (χ0) is 8.93. The van der Waals surface area contributed by atoms with Crippen molar-refractivity contribution < 1.29 is 0 Å². The summed E-state index contributed by atoms with van der Waals surface area (Å²) < 4.78 is 0. The lowest BCUT2D eigenvalue weighted by molar-refractivity contribution is 0.317. The van der Waals surface area contributed by atoms with Gasteiger partial charge in [0.05, 0.1) is 0 Å². The normalized spacial score (nSPS) is 52.2. The molecular weight excluding hydrogens is 146 g/mol. The summed E-state index contributed by atoms with van der Waals surface area (Å²) in [5.41, 5.74) is 6.78. The highest BCUT2D eigenvalue weighted by Crippen LogP contribution is 2.66. The molecule has 2 rings (SSSR count). The second-order valence-corrected chi connectivity index (χ2v) is 5.20. The van der Waals surface area contributed by atoms with Gasteiger partial charge >= 0.3 is 0 Å². The van der Waals surface area contributed by atoms with Crippen LogP contribution in [0.1, 0.15) is 40.0 Å². The Hall–Kier alpha value is -0.0400. The highest BCUT2D eigenvalue weighted by molar-refractivity contribution is 5.18. The summed E-state index contributed by atoms with van der Waals surface area (Å²) in [6.07, 6.45) is 4.23. The molecule has 1 unspecified atom stereocenters. The van der Waals surface area contributed by atoms with Gasteiger partial charge in [0, 0.05) is 6.04 Å². The zero-order valence-electron chi connectivity index (χ0n) is 8.51.